The highest BCUT2D eigenvalue weighted by Gasteiger charge is 2.20. The van der Waals surface area contributed by atoms with Crippen LogP contribution in [-0.4, -0.2) is 23.0 Å². The van der Waals surface area contributed by atoms with Gasteiger partial charge in [-0.25, -0.2) is 4.98 Å². The molecule has 0 atom stereocenters. The van der Waals surface area contributed by atoms with Crippen molar-refractivity contribution in [3.8, 4) is 0 Å². The molecule has 0 bridgehead atoms. The van der Waals surface area contributed by atoms with Crippen molar-refractivity contribution in [3.63, 3.8) is 0 Å². The fraction of sp³-hybridized carbons (Fsp3) is 0.692. The quantitative estimate of drug-likeness (QED) is 0.871. The number of aryl methyl sites for hydroxylation is 1. The van der Waals surface area contributed by atoms with Crippen LogP contribution in [0.2, 0.25) is 0 Å². The first-order valence-electron chi connectivity index (χ1n) is 6.65. The first kappa shape index (κ1) is 13.5. The van der Waals surface area contributed by atoms with E-state index in [1.807, 2.05) is 5.38 Å². The van der Waals surface area contributed by atoms with Gasteiger partial charge in [0.05, 0.1) is 17.1 Å². The van der Waals surface area contributed by atoms with Gasteiger partial charge >= 0.3 is 0 Å². The molecule has 1 aliphatic carbocycles. The predicted molar refractivity (Wildman–Crippen MR) is 73.6 cm³/mol. The van der Waals surface area contributed by atoms with E-state index in [4.69, 9.17) is 5.73 Å². The van der Waals surface area contributed by atoms with E-state index in [2.05, 4.69) is 17.2 Å². The van der Waals surface area contributed by atoms with E-state index in [1.165, 1.54) is 0 Å². The van der Waals surface area contributed by atoms with Gasteiger partial charge in [-0.2, -0.15) is 0 Å². The molecule has 1 heterocycles. The maximum Gasteiger partial charge on any atom is 0.226 e. The van der Waals surface area contributed by atoms with Crippen LogP contribution in [0.1, 0.15) is 43.3 Å². The van der Waals surface area contributed by atoms with Crippen LogP contribution in [-0.2, 0) is 17.6 Å². The van der Waals surface area contributed by atoms with Crippen molar-refractivity contribution < 1.29 is 4.79 Å². The van der Waals surface area contributed by atoms with Gasteiger partial charge in [0.15, 0.2) is 0 Å². The number of amides is 1. The number of aromatic nitrogens is 1. The Morgan fingerprint density at radius 1 is 1.50 bits per heavy atom. The van der Waals surface area contributed by atoms with Crippen LogP contribution in [0.15, 0.2) is 5.38 Å². The predicted octanol–water partition coefficient (Wildman–Crippen LogP) is 1.63. The van der Waals surface area contributed by atoms with E-state index < -0.39 is 0 Å². The molecule has 0 radical (unpaired) electrons. The second-order valence-electron chi connectivity index (χ2n) is 4.94. The Balaban J connectivity index is 1.78. The van der Waals surface area contributed by atoms with Crippen LogP contribution >= 0.6 is 11.3 Å². The molecule has 1 amide bonds. The zero-order chi connectivity index (χ0) is 13.0. The molecule has 1 aliphatic rings. The second-order valence-corrected chi connectivity index (χ2v) is 5.88. The summed E-state index contributed by atoms with van der Waals surface area (Å²) in [5.41, 5.74) is 6.74. The minimum absolute atomic E-state index is 0.0865. The highest BCUT2D eigenvalue weighted by molar-refractivity contribution is 7.09. The maximum atomic E-state index is 11.9. The van der Waals surface area contributed by atoms with Crippen molar-refractivity contribution in [3.05, 3.63) is 16.1 Å². The number of hydrogen-bond acceptors (Lipinski definition) is 4. The lowest BCUT2D eigenvalue weighted by Crippen LogP contribution is -2.41. The molecule has 1 fully saturated rings. The third kappa shape index (κ3) is 3.78. The van der Waals surface area contributed by atoms with Gasteiger partial charge in [0.2, 0.25) is 5.91 Å². The lowest BCUT2D eigenvalue weighted by molar-refractivity contribution is -0.121. The summed E-state index contributed by atoms with van der Waals surface area (Å²) in [5.74, 6) is 0.0865. The summed E-state index contributed by atoms with van der Waals surface area (Å²) in [6.07, 6.45) is 5.38. The standard InChI is InChI=1S/C13H21N3OS/c1-2-13-16-11(8-18-13)7-12(17)15-10-5-3-9(14)4-6-10/h8-10H,2-7,14H2,1H3,(H,15,17). The highest BCUT2D eigenvalue weighted by atomic mass is 32.1. The van der Waals surface area contributed by atoms with Crippen LogP contribution in [0.25, 0.3) is 0 Å². The molecule has 1 aromatic heterocycles. The zero-order valence-electron chi connectivity index (χ0n) is 10.8. The van der Waals surface area contributed by atoms with Crippen LogP contribution < -0.4 is 11.1 Å². The van der Waals surface area contributed by atoms with Gasteiger partial charge in [0.25, 0.3) is 0 Å². The van der Waals surface area contributed by atoms with E-state index in [0.29, 0.717) is 18.5 Å². The Labute approximate surface area is 112 Å². The molecular weight excluding hydrogens is 246 g/mol. The van der Waals surface area contributed by atoms with Crippen LogP contribution in [0.3, 0.4) is 0 Å². The number of nitrogens with zero attached hydrogens (tertiary/aromatic N) is 1. The normalized spacial score (nSPS) is 23.9. The number of rotatable bonds is 4. The van der Waals surface area contributed by atoms with Gasteiger partial charge in [-0.3, -0.25) is 4.79 Å². The molecule has 5 heteroatoms. The number of carbonyl (C=O) groups is 1. The molecule has 100 valence electrons. The SMILES string of the molecule is CCc1nc(CC(=O)NC2CCC(N)CC2)cs1. The Bertz CT molecular complexity index is 397. The van der Waals surface area contributed by atoms with Crippen molar-refractivity contribution in [1.29, 1.82) is 0 Å². The second kappa shape index (κ2) is 6.29. The van der Waals surface area contributed by atoms with Gasteiger partial charge in [0, 0.05) is 17.5 Å². The van der Waals surface area contributed by atoms with Crippen LogP contribution in [0, 0.1) is 0 Å². The number of nitrogens with one attached hydrogen (secondary N) is 1. The summed E-state index contributed by atoms with van der Waals surface area (Å²) < 4.78 is 0. The highest BCUT2D eigenvalue weighted by Crippen LogP contribution is 2.17. The van der Waals surface area contributed by atoms with E-state index in [0.717, 1.165) is 42.8 Å². The molecule has 2 rings (SSSR count). The minimum Gasteiger partial charge on any atom is -0.353 e. The van der Waals surface area contributed by atoms with Crippen molar-refractivity contribution in [2.75, 3.05) is 0 Å². The molecule has 0 saturated heterocycles. The minimum atomic E-state index is 0.0865. The summed E-state index contributed by atoms with van der Waals surface area (Å²) in [6, 6.07) is 0.630. The van der Waals surface area contributed by atoms with E-state index in [1.54, 1.807) is 11.3 Å². The van der Waals surface area contributed by atoms with E-state index >= 15 is 0 Å². The van der Waals surface area contributed by atoms with Crippen molar-refractivity contribution in [1.82, 2.24) is 10.3 Å². The molecule has 0 aliphatic heterocycles. The maximum absolute atomic E-state index is 11.9. The van der Waals surface area contributed by atoms with E-state index in [-0.39, 0.29) is 5.91 Å². The topological polar surface area (TPSA) is 68.0 Å². The molecule has 0 aromatic carbocycles. The Hall–Kier alpha value is -0.940. The average molecular weight is 267 g/mol. The van der Waals surface area contributed by atoms with Crippen LogP contribution in [0.5, 0.6) is 0 Å². The fourth-order valence-electron chi connectivity index (χ4n) is 2.30. The average Bonchev–Trinajstić information content (AvgIpc) is 2.79. The Morgan fingerprint density at radius 3 is 2.83 bits per heavy atom. The summed E-state index contributed by atoms with van der Waals surface area (Å²) in [5, 5.41) is 6.17. The van der Waals surface area contributed by atoms with Gasteiger partial charge in [-0.05, 0) is 32.1 Å². The Morgan fingerprint density at radius 2 is 2.22 bits per heavy atom. The molecule has 0 spiro atoms. The third-order valence-corrected chi connectivity index (χ3v) is 4.42. The van der Waals surface area contributed by atoms with Crippen molar-refractivity contribution >= 4 is 17.2 Å². The molecule has 18 heavy (non-hydrogen) atoms. The molecule has 4 nitrogen and oxygen atoms in total. The van der Waals surface area contributed by atoms with Crippen molar-refractivity contribution in [2.45, 2.75) is 57.5 Å². The van der Waals surface area contributed by atoms with E-state index in [9.17, 15) is 4.79 Å². The molecule has 3 N–H and O–H groups in total. The number of thiazole rings is 1. The van der Waals surface area contributed by atoms with Crippen LogP contribution in [0.4, 0.5) is 0 Å². The Kier molecular flexibility index (Phi) is 4.72. The number of nitrogens with two attached hydrogens (primary N) is 1. The molecule has 1 saturated carbocycles. The summed E-state index contributed by atoms with van der Waals surface area (Å²) in [7, 11) is 0. The summed E-state index contributed by atoms with van der Waals surface area (Å²) >= 11 is 1.63. The number of carbonyl (C=O) groups excluding carboxylic acids is 1. The first-order chi connectivity index (χ1) is 8.67. The van der Waals surface area contributed by atoms with Gasteiger partial charge in [-0.1, -0.05) is 6.92 Å². The molecule has 0 unspecified atom stereocenters. The smallest absolute Gasteiger partial charge is 0.226 e. The summed E-state index contributed by atoms with van der Waals surface area (Å²) in [6.45, 7) is 2.08. The third-order valence-electron chi connectivity index (χ3n) is 3.38. The monoisotopic (exact) mass is 267 g/mol. The van der Waals surface area contributed by atoms with Gasteiger partial charge in [-0.15, -0.1) is 11.3 Å². The summed E-state index contributed by atoms with van der Waals surface area (Å²) in [4.78, 5) is 16.3. The lowest BCUT2D eigenvalue weighted by atomic mass is 9.92. The fourth-order valence-corrected chi connectivity index (χ4v) is 3.04. The lowest BCUT2D eigenvalue weighted by Gasteiger charge is -2.26. The van der Waals surface area contributed by atoms with Gasteiger partial charge in [0.1, 0.15) is 0 Å². The first-order valence-corrected chi connectivity index (χ1v) is 7.53. The largest absolute Gasteiger partial charge is 0.353 e. The van der Waals surface area contributed by atoms with Gasteiger partial charge < -0.3 is 11.1 Å². The molecular formula is C13H21N3OS. The zero-order valence-corrected chi connectivity index (χ0v) is 11.6. The number of hydrogen-bond donors (Lipinski definition) is 2. The molecule has 1 aromatic rings. The van der Waals surface area contributed by atoms with Crippen molar-refractivity contribution in [2.24, 2.45) is 5.73 Å².